The fourth-order valence-electron chi connectivity index (χ4n) is 3.43. The number of ether oxygens (including phenoxy) is 1. The molecule has 9 heteroatoms. The molecule has 0 spiro atoms. The van der Waals surface area contributed by atoms with E-state index in [-0.39, 0.29) is 13.3 Å². The number of carbonyl (C=O) groups is 2. The summed E-state index contributed by atoms with van der Waals surface area (Å²) in [5.41, 5.74) is 13.1. The molecular weight excluding hydrogens is 396 g/mol. The summed E-state index contributed by atoms with van der Waals surface area (Å²) < 4.78 is 7.22. The number of hydrogen-bond acceptors (Lipinski definition) is 6. The molecule has 0 radical (unpaired) electrons. The third kappa shape index (κ3) is 6.28. The number of nitrogens with zero attached hydrogens (tertiary/aromatic N) is 4. The lowest BCUT2D eigenvalue weighted by Crippen LogP contribution is -2.54. The van der Waals surface area contributed by atoms with Gasteiger partial charge in [0.15, 0.2) is 0 Å². The average molecular weight is 431 g/mol. The molecule has 2 amide bonds. The number of para-hydroxylation sites is 1. The van der Waals surface area contributed by atoms with Crippen molar-refractivity contribution >= 4 is 12.0 Å². The highest BCUT2D eigenvalue weighted by Crippen LogP contribution is 2.20. The van der Waals surface area contributed by atoms with Crippen LogP contribution in [0.2, 0.25) is 0 Å². The van der Waals surface area contributed by atoms with Crippen molar-refractivity contribution in [3.05, 3.63) is 42.1 Å². The van der Waals surface area contributed by atoms with Gasteiger partial charge in [-0.2, -0.15) is 5.10 Å². The van der Waals surface area contributed by atoms with Gasteiger partial charge < -0.3 is 26.0 Å². The van der Waals surface area contributed by atoms with Gasteiger partial charge in [-0.05, 0) is 38.4 Å². The van der Waals surface area contributed by atoms with Crippen LogP contribution in [0.25, 0.3) is 5.69 Å². The van der Waals surface area contributed by atoms with Crippen molar-refractivity contribution in [2.24, 2.45) is 11.5 Å². The second-order valence-corrected chi connectivity index (χ2v) is 7.44. The molecule has 2 heterocycles. The summed E-state index contributed by atoms with van der Waals surface area (Å²) in [5, 5.41) is 4.41. The van der Waals surface area contributed by atoms with E-state index in [2.05, 4.69) is 5.10 Å². The molecule has 1 aromatic heterocycles. The van der Waals surface area contributed by atoms with Crippen LogP contribution in [0.5, 0.6) is 5.88 Å². The summed E-state index contributed by atoms with van der Waals surface area (Å²) in [7, 11) is 0. The molecule has 0 saturated carbocycles. The largest absolute Gasteiger partial charge is 0.416 e. The SMILES string of the molecule is C.Cc1cc(OC(=O)N2CCN(C(=O)[C@@H](N)CCCCN)CC2)n(-c2ccccc2)n1. The minimum absolute atomic E-state index is 0. The Hall–Kier alpha value is -2.91. The van der Waals surface area contributed by atoms with Gasteiger partial charge >= 0.3 is 6.09 Å². The molecule has 1 fully saturated rings. The molecule has 1 saturated heterocycles. The Bertz CT molecular complexity index is 846. The minimum Gasteiger partial charge on any atom is -0.391 e. The van der Waals surface area contributed by atoms with Crippen molar-refractivity contribution in [1.29, 1.82) is 0 Å². The lowest BCUT2D eigenvalue weighted by atomic mass is 10.1. The number of carbonyl (C=O) groups excluding carboxylic acids is 2. The molecule has 31 heavy (non-hydrogen) atoms. The second kappa shape index (κ2) is 11.5. The Morgan fingerprint density at radius 1 is 1.10 bits per heavy atom. The smallest absolute Gasteiger partial charge is 0.391 e. The predicted molar refractivity (Wildman–Crippen MR) is 120 cm³/mol. The van der Waals surface area contributed by atoms with Gasteiger partial charge in [-0.1, -0.05) is 32.0 Å². The molecule has 2 aromatic rings. The molecule has 1 aliphatic heterocycles. The number of aromatic nitrogens is 2. The van der Waals surface area contributed by atoms with E-state index in [1.807, 2.05) is 37.3 Å². The summed E-state index contributed by atoms with van der Waals surface area (Å²) in [6, 6.07) is 10.7. The van der Waals surface area contributed by atoms with Crippen LogP contribution >= 0.6 is 0 Å². The first kappa shape index (κ1) is 24.4. The molecule has 4 N–H and O–H groups in total. The van der Waals surface area contributed by atoms with E-state index < -0.39 is 12.1 Å². The van der Waals surface area contributed by atoms with Crippen molar-refractivity contribution in [2.75, 3.05) is 32.7 Å². The highest BCUT2D eigenvalue weighted by atomic mass is 16.6. The molecule has 1 aromatic carbocycles. The fraction of sp³-hybridized carbons (Fsp3) is 0.500. The number of nitrogens with two attached hydrogens (primary N) is 2. The summed E-state index contributed by atoms with van der Waals surface area (Å²) in [5.74, 6) is 0.293. The molecule has 3 rings (SSSR count). The first-order valence-corrected chi connectivity index (χ1v) is 10.3. The molecule has 170 valence electrons. The maximum atomic E-state index is 12.7. The zero-order chi connectivity index (χ0) is 21.5. The predicted octanol–water partition coefficient (Wildman–Crippen LogP) is 1.92. The van der Waals surface area contributed by atoms with Crippen LogP contribution in [0.1, 0.15) is 32.4 Å². The summed E-state index contributed by atoms with van der Waals surface area (Å²) in [6.07, 6.45) is 1.87. The second-order valence-electron chi connectivity index (χ2n) is 7.44. The Kier molecular flexibility index (Phi) is 9.02. The van der Waals surface area contributed by atoms with Gasteiger partial charge in [-0.25, -0.2) is 9.48 Å². The van der Waals surface area contributed by atoms with Gasteiger partial charge in [0.05, 0.1) is 17.4 Å². The van der Waals surface area contributed by atoms with Crippen LogP contribution in [0.15, 0.2) is 36.4 Å². The highest BCUT2D eigenvalue weighted by molar-refractivity contribution is 5.82. The number of piperazine rings is 1. The number of unbranched alkanes of at least 4 members (excludes halogenated alkanes) is 1. The molecule has 0 aliphatic carbocycles. The Balaban J connectivity index is 0.00000341. The Morgan fingerprint density at radius 3 is 2.39 bits per heavy atom. The van der Waals surface area contributed by atoms with E-state index in [1.165, 1.54) is 0 Å². The number of aryl methyl sites for hydroxylation is 1. The van der Waals surface area contributed by atoms with Crippen LogP contribution < -0.4 is 16.2 Å². The van der Waals surface area contributed by atoms with E-state index >= 15 is 0 Å². The van der Waals surface area contributed by atoms with E-state index in [0.717, 1.165) is 24.2 Å². The lowest BCUT2D eigenvalue weighted by molar-refractivity contribution is -0.134. The summed E-state index contributed by atoms with van der Waals surface area (Å²) in [6.45, 7) is 4.13. The van der Waals surface area contributed by atoms with E-state index in [1.54, 1.807) is 20.5 Å². The normalized spacial score (nSPS) is 14.7. The van der Waals surface area contributed by atoms with E-state index in [4.69, 9.17) is 16.2 Å². The quantitative estimate of drug-likeness (QED) is 0.648. The lowest BCUT2D eigenvalue weighted by Gasteiger charge is -2.35. The maximum absolute atomic E-state index is 12.7. The molecule has 0 unspecified atom stereocenters. The van der Waals surface area contributed by atoms with Crippen molar-refractivity contribution in [3.63, 3.8) is 0 Å². The molecule has 0 bridgehead atoms. The van der Waals surface area contributed by atoms with E-state index in [0.29, 0.717) is 45.0 Å². The Labute approximate surface area is 183 Å². The van der Waals surface area contributed by atoms with E-state index in [9.17, 15) is 9.59 Å². The first-order valence-electron chi connectivity index (χ1n) is 10.3. The van der Waals surface area contributed by atoms with Crippen molar-refractivity contribution in [2.45, 2.75) is 39.7 Å². The van der Waals surface area contributed by atoms with Crippen LogP contribution in [-0.2, 0) is 4.79 Å². The van der Waals surface area contributed by atoms with Crippen molar-refractivity contribution in [3.8, 4) is 11.6 Å². The standard InChI is InChI=1S/C21H30N6O3.CH4/c1-16-15-19(27(24-16)17-7-3-2-4-8-17)30-21(29)26-13-11-25(12-14-26)20(28)18(23)9-5-6-10-22;/h2-4,7-8,15,18H,5-6,9-14,22-23H2,1H3;1H4/t18-;/m0./s1. The fourth-order valence-corrected chi connectivity index (χ4v) is 3.43. The molecule has 1 atom stereocenters. The highest BCUT2D eigenvalue weighted by Gasteiger charge is 2.28. The zero-order valence-corrected chi connectivity index (χ0v) is 17.4. The van der Waals surface area contributed by atoms with Crippen LogP contribution in [0.4, 0.5) is 4.79 Å². The minimum atomic E-state index is -0.516. The van der Waals surface area contributed by atoms with Gasteiger partial charge in [-0.15, -0.1) is 0 Å². The third-order valence-electron chi connectivity index (χ3n) is 5.13. The van der Waals surface area contributed by atoms with Crippen LogP contribution in [0.3, 0.4) is 0 Å². The summed E-state index contributed by atoms with van der Waals surface area (Å²) >= 11 is 0. The van der Waals surface area contributed by atoms with Gasteiger partial charge in [-0.3, -0.25) is 4.79 Å². The number of hydrogen-bond donors (Lipinski definition) is 2. The number of benzene rings is 1. The van der Waals surface area contributed by atoms with Gasteiger partial charge in [0, 0.05) is 32.2 Å². The zero-order valence-electron chi connectivity index (χ0n) is 17.4. The van der Waals surface area contributed by atoms with Gasteiger partial charge in [0.2, 0.25) is 11.8 Å². The molecular formula is C22H34N6O3. The topological polar surface area (TPSA) is 120 Å². The molecule has 9 nitrogen and oxygen atoms in total. The van der Waals surface area contributed by atoms with Crippen molar-refractivity contribution in [1.82, 2.24) is 19.6 Å². The van der Waals surface area contributed by atoms with Crippen LogP contribution in [0, 0.1) is 6.92 Å². The first-order chi connectivity index (χ1) is 14.5. The Morgan fingerprint density at radius 2 is 1.74 bits per heavy atom. The monoisotopic (exact) mass is 430 g/mol. The number of amides is 2. The van der Waals surface area contributed by atoms with Gasteiger partial charge in [0.25, 0.3) is 0 Å². The third-order valence-corrected chi connectivity index (χ3v) is 5.13. The maximum Gasteiger partial charge on any atom is 0.416 e. The average Bonchev–Trinajstić information content (AvgIpc) is 3.14. The van der Waals surface area contributed by atoms with Crippen molar-refractivity contribution < 1.29 is 14.3 Å². The molecule has 1 aliphatic rings. The van der Waals surface area contributed by atoms with Crippen LogP contribution in [-0.4, -0.2) is 70.3 Å². The van der Waals surface area contributed by atoms with Gasteiger partial charge in [0.1, 0.15) is 0 Å². The number of rotatable bonds is 7. The summed E-state index contributed by atoms with van der Waals surface area (Å²) in [4.78, 5) is 28.5.